The highest BCUT2D eigenvalue weighted by Crippen LogP contribution is 2.13. The smallest absolute Gasteiger partial charge is 0.337 e. The zero-order valence-corrected chi connectivity index (χ0v) is 8.02. The summed E-state index contributed by atoms with van der Waals surface area (Å²) in [6.07, 6.45) is 3.18. The van der Waals surface area contributed by atoms with E-state index >= 15 is 0 Å². The lowest BCUT2D eigenvalue weighted by atomic mass is 10.3. The van der Waals surface area contributed by atoms with Crippen molar-refractivity contribution in [2.24, 2.45) is 0 Å². The topological polar surface area (TPSA) is 54.6 Å². The van der Waals surface area contributed by atoms with Gasteiger partial charge in [0.1, 0.15) is 0 Å². The summed E-state index contributed by atoms with van der Waals surface area (Å²) in [5.74, 6) is -0.942. The fourth-order valence-corrected chi connectivity index (χ4v) is 1.49. The number of carboxylic acids is 1. The Bertz CT molecular complexity index is 478. The van der Waals surface area contributed by atoms with E-state index in [1.807, 2.05) is 0 Å². The first-order valence-corrected chi connectivity index (χ1v) is 4.33. The average Bonchev–Trinajstić information content (AvgIpc) is 2.47. The summed E-state index contributed by atoms with van der Waals surface area (Å²) in [4.78, 5) is 14.6. The van der Waals surface area contributed by atoms with E-state index in [4.69, 9.17) is 5.11 Å². The third-order valence-corrected chi connectivity index (χ3v) is 2.32. The van der Waals surface area contributed by atoms with Crippen LogP contribution in [0.1, 0.15) is 10.4 Å². The van der Waals surface area contributed by atoms with E-state index in [1.165, 1.54) is 6.20 Å². The number of halogens is 1. The number of pyridine rings is 1. The lowest BCUT2D eigenvalue weighted by molar-refractivity contribution is 0.0696. The van der Waals surface area contributed by atoms with E-state index < -0.39 is 5.97 Å². The van der Waals surface area contributed by atoms with Crippen LogP contribution in [0.2, 0.25) is 0 Å². The largest absolute Gasteiger partial charge is 0.478 e. The van der Waals surface area contributed by atoms with Crippen molar-refractivity contribution >= 4 is 27.4 Å². The number of carbonyl (C=O) groups is 1. The molecule has 0 aliphatic heterocycles. The second kappa shape index (κ2) is 2.85. The number of hydrogen-bond acceptors (Lipinski definition) is 2. The van der Waals surface area contributed by atoms with E-state index in [1.54, 1.807) is 22.7 Å². The van der Waals surface area contributed by atoms with Crippen LogP contribution in [0.5, 0.6) is 0 Å². The summed E-state index contributed by atoms with van der Waals surface area (Å²) >= 11 is 3.21. The molecule has 2 heterocycles. The van der Waals surface area contributed by atoms with Crippen molar-refractivity contribution < 1.29 is 9.90 Å². The summed E-state index contributed by atoms with van der Waals surface area (Å²) in [5.41, 5.74) is 1.10. The predicted octanol–water partition coefficient (Wildman–Crippen LogP) is 1.79. The number of aromatic carboxylic acids is 1. The van der Waals surface area contributed by atoms with Crippen LogP contribution in [0.4, 0.5) is 0 Å². The minimum atomic E-state index is -0.942. The van der Waals surface area contributed by atoms with Crippen molar-refractivity contribution in [3.63, 3.8) is 0 Å². The van der Waals surface area contributed by atoms with Crippen LogP contribution in [0.15, 0.2) is 29.3 Å². The Morgan fingerprint density at radius 3 is 3.00 bits per heavy atom. The maximum atomic E-state index is 10.6. The van der Waals surface area contributed by atoms with E-state index in [0.29, 0.717) is 4.73 Å². The van der Waals surface area contributed by atoms with Crippen LogP contribution in [-0.2, 0) is 0 Å². The van der Waals surface area contributed by atoms with E-state index in [0.717, 1.165) is 5.52 Å². The summed E-state index contributed by atoms with van der Waals surface area (Å²) in [7, 11) is 0. The van der Waals surface area contributed by atoms with Crippen molar-refractivity contribution in [1.82, 2.24) is 9.38 Å². The first-order valence-electron chi connectivity index (χ1n) is 3.54. The maximum absolute atomic E-state index is 10.6. The van der Waals surface area contributed by atoms with Gasteiger partial charge in [0.2, 0.25) is 0 Å². The Labute approximate surface area is 82.0 Å². The number of rotatable bonds is 1. The molecule has 0 unspecified atom stereocenters. The molecule has 1 N–H and O–H groups in total. The first kappa shape index (κ1) is 8.25. The fraction of sp³-hybridized carbons (Fsp3) is 0. The van der Waals surface area contributed by atoms with Gasteiger partial charge in [-0.25, -0.2) is 9.78 Å². The zero-order valence-electron chi connectivity index (χ0n) is 6.44. The van der Waals surface area contributed by atoms with Crippen molar-refractivity contribution in [3.8, 4) is 0 Å². The Morgan fingerprint density at radius 2 is 2.31 bits per heavy atom. The highest BCUT2D eigenvalue weighted by atomic mass is 79.9. The molecule has 2 rings (SSSR count). The summed E-state index contributed by atoms with van der Waals surface area (Å²) in [5, 5.41) is 8.72. The molecule has 5 heteroatoms. The van der Waals surface area contributed by atoms with Gasteiger partial charge in [0.15, 0.2) is 4.73 Å². The van der Waals surface area contributed by atoms with Crippen LogP contribution in [0, 0.1) is 0 Å². The van der Waals surface area contributed by atoms with Gasteiger partial charge in [-0.15, -0.1) is 0 Å². The molecular weight excluding hydrogens is 236 g/mol. The Kier molecular flexibility index (Phi) is 1.81. The predicted molar refractivity (Wildman–Crippen MR) is 49.9 cm³/mol. The number of hydrogen-bond donors (Lipinski definition) is 1. The van der Waals surface area contributed by atoms with E-state index in [9.17, 15) is 4.79 Å². The zero-order chi connectivity index (χ0) is 9.42. The lowest BCUT2D eigenvalue weighted by Crippen LogP contribution is -1.98. The van der Waals surface area contributed by atoms with Gasteiger partial charge in [0.05, 0.1) is 17.3 Å². The summed E-state index contributed by atoms with van der Waals surface area (Å²) < 4.78 is 2.27. The molecule has 0 bridgehead atoms. The van der Waals surface area contributed by atoms with Crippen LogP contribution < -0.4 is 0 Å². The molecular formula is C8H5BrN2O2. The molecule has 0 amide bonds. The van der Waals surface area contributed by atoms with Gasteiger partial charge in [-0.2, -0.15) is 0 Å². The monoisotopic (exact) mass is 240 g/mol. The number of fused-ring (bicyclic) bond motifs is 1. The highest BCUT2D eigenvalue weighted by molar-refractivity contribution is 9.10. The van der Waals surface area contributed by atoms with Crippen LogP contribution in [-0.4, -0.2) is 20.5 Å². The van der Waals surface area contributed by atoms with Crippen LogP contribution in [0.25, 0.3) is 5.52 Å². The highest BCUT2D eigenvalue weighted by Gasteiger charge is 2.05. The van der Waals surface area contributed by atoms with Crippen LogP contribution in [0.3, 0.4) is 0 Å². The van der Waals surface area contributed by atoms with Gasteiger partial charge in [0.25, 0.3) is 0 Å². The van der Waals surface area contributed by atoms with Gasteiger partial charge in [0, 0.05) is 6.20 Å². The number of carboxylic acid groups (broad SMARTS) is 1. The van der Waals surface area contributed by atoms with Crippen molar-refractivity contribution in [2.45, 2.75) is 0 Å². The Hall–Kier alpha value is -1.36. The standard InChI is InChI=1S/C8H5BrN2O2/c9-8-10-3-6-2-1-5(7(12)13)4-11(6)8/h1-4H,(H,12,13). The quantitative estimate of drug-likeness (QED) is 0.828. The molecule has 4 nitrogen and oxygen atoms in total. The Balaban J connectivity index is 2.72. The normalized spacial score (nSPS) is 10.5. The molecule has 66 valence electrons. The first-order chi connectivity index (χ1) is 6.18. The number of aromatic nitrogens is 2. The average molecular weight is 241 g/mol. The molecule has 13 heavy (non-hydrogen) atoms. The van der Waals surface area contributed by atoms with Gasteiger partial charge < -0.3 is 5.11 Å². The van der Waals surface area contributed by atoms with Crippen LogP contribution >= 0.6 is 15.9 Å². The molecule has 0 saturated carbocycles. The fourth-order valence-electron chi connectivity index (χ4n) is 1.09. The molecule has 0 aliphatic rings. The van der Waals surface area contributed by atoms with Crippen molar-refractivity contribution in [1.29, 1.82) is 0 Å². The maximum Gasteiger partial charge on any atom is 0.337 e. The number of nitrogens with zero attached hydrogens (tertiary/aromatic N) is 2. The molecule has 0 atom stereocenters. The molecule has 2 aromatic heterocycles. The van der Waals surface area contributed by atoms with Gasteiger partial charge >= 0.3 is 5.97 Å². The molecule has 0 radical (unpaired) electrons. The van der Waals surface area contributed by atoms with E-state index in [-0.39, 0.29) is 5.56 Å². The summed E-state index contributed by atoms with van der Waals surface area (Å²) in [6.45, 7) is 0. The third-order valence-electron chi connectivity index (χ3n) is 1.73. The molecule has 2 aromatic rings. The Morgan fingerprint density at radius 1 is 1.54 bits per heavy atom. The van der Waals surface area contributed by atoms with Gasteiger partial charge in [-0.1, -0.05) is 0 Å². The van der Waals surface area contributed by atoms with Crippen molar-refractivity contribution in [2.75, 3.05) is 0 Å². The number of imidazole rings is 1. The minimum absolute atomic E-state index is 0.242. The van der Waals surface area contributed by atoms with Gasteiger partial charge in [-0.05, 0) is 28.1 Å². The molecule has 0 aliphatic carbocycles. The van der Waals surface area contributed by atoms with Crippen molar-refractivity contribution in [3.05, 3.63) is 34.8 Å². The second-order valence-corrected chi connectivity index (χ2v) is 3.25. The summed E-state index contributed by atoms with van der Waals surface area (Å²) in [6, 6.07) is 3.26. The van der Waals surface area contributed by atoms with Gasteiger partial charge in [-0.3, -0.25) is 4.40 Å². The minimum Gasteiger partial charge on any atom is -0.478 e. The lowest BCUT2D eigenvalue weighted by Gasteiger charge is -1.97. The molecule has 0 fully saturated rings. The SMILES string of the molecule is O=C(O)c1ccc2cnc(Br)n2c1. The molecule has 0 aromatic carbocycles. The second-order valence-electron chi connectivity index (χ2n) is 2.55. The molecule has 0 saturated heterocycles. The molecule has 0 spiro atoms. The third kappa shape index (κ3) is 1.31. The van der Waals surface area contributed by atoms with E-state index in [2.05, 4.69) is 20.9 Å².